The topological polar surface area (TPSA) is 66.6 Å². The molecule has 0 fully saturated rings. The molecule has 1 heterocycles. The molecule has 1 N–H and O–H groups in total. The van der Waals surface area contributed by atoms with E-state index in [0.717, 1.165) is 35.4 Å². The third-order valence-electron chi connectivity index (χ3n) is 5.93. The first-order chi connectivity index (χ1) is 17.9. The Morgan fingerprint density at radius 2 is 1.89 bits per heavy atom. The van der Waals surface area contributed by atoms with E-state index in [2.05, 4.69) is 16.7 Å². The Morgan fingerprint density at radius 3 is 2.54 bits per heavy atom. The van der Waals surface area contributed by atoms with Gasteiger partial charge in [0, 0.05) is 31.4 Å². The number of phenolic OH excluding ortho intramolecular Hbond substituents is 1. The van der Waals surface area contributed by atoms with Crippen LogP contribution in [-0.2, 0) is 20.9 Å². The van der Waals surface area contributed by atoms with Crippen LogP contribution in [0, 0.1) is 6.57 Å². The zero-order valence-electron chi connectivity index (χ0n) is 21.8. The van der Waals surface area contributed by atoms with Crippen molar-refractivity contribution in [2.24, 2.45) is 0 Å². The molecule has 1 aliphatic heterocycles. The van der Waals surface area contributed by atoms with Crippen molar-refractivity contribution in [3.05, 3.63) is 106 Å². The quantitative estimate of drug-likeness (QED) is 0.222. The fourth-order valence-electron chi connectivity index (χ4n) is 3.91. The first-order valence-corrected chi connectivity index (χ1v) is 12.2. The van der Waals surface area contributed by atoms with E-state index in [1.165, 1.54) is 5.06 Å². The highest BCUT2D eigenvalue weighted by molar-refractivity contribution is 5.79. The molecule has 7 nitrogen and oxygen atoms in total. The number of hydroxylamine groups is 2. The molecule has 192 valence electrons. The number of carbonyl (C=O) groups is 1. The highest BCUT2D eigenvalue weighted by Crippen LogP contribution is 2.30. The first kappa shape index (κ1) is 27.3. The number of hydrogen-bond acceptors (Lipinski definition) is 6. The summed E-state index contributed by atoms with van der Waals surface area (Å²) < 4.78 is 5.89. The van der Waals surface area contributed by atoms with Gasteiger partial charge in [0.2, 0.25) is 5.70 Å². The average Bonchev–Trinajstić information content (AvgIpc) is 2.89. The second-order valence-electron chi connectivity index (χ2n) is 8.67. The number of ether oxygens (including phenoxy) is 1. The number of phenols is 1. The van der Waals surface area contributed by atoms with Crippen molar-refractivity contribution in [1.29, 1.82) is 0 Å². The van der Waals surface area contributed by atoms with Crippen LogP contribution in [0.4, 0.5) is 5.69 Å². The summed E-state index contributed by atoms with van der Waals surface area (Å²) in [7, 11) is 2.03. The van der Waals surface area contributed by atoms with Gasteiger partial charge >= 0.3 is 6.47 Å². The van der Waals surface area contributed by atoms with Crippen molar-refractivity contribution in [2.75, 3.05) is 25.0 Å². The number of benzene rings is 2. The van der Waals surface area contributed by atoms with E-state index in [1.54, 1.807) is 12.1 Å². The van der Waals surface area contributed by atoms with Gasteiger partial charge in [0.15, 0.2) is 0 Å². The Labute approximate surface area is 219 Å². The van der Waals surface area contributed by atoms with Gasteiger partial charge in [0.25, 0.3) is 0 Å². The fourth-order valence-corrected chi connectivity index (χ4v) is 3.91. The van der Waals surface area contributed by atoms with E-state index in [9.17, 15) is 9.90 Å². The summed E-state index contributed by atoms with van der Waals surface area (Å²) in [4.78, 5) is 21.8. The van der Waals surface area contributed by atoms with Gasteiger partial charge in [-0.15, -0.1) is 5.06 Å². The summed E-state index contributed by atoms with van der Waals surface area (Å²) in [6.45, 7) is 15.9. The normalized spacial score (nSPS) is 14.5. The summed E-state index contributed by atoms with van der Waals surface area (Å²) in [5.74, 6) is 1.42. The highest BCUT2D eigenvalue weighted by Gasteiger charge is 2.14. The van der Waals surface area contributed by atoms with Crippen LogP contribution in [0.3, 0.4) is 0 Å². The molecule has 7 heteroatoms. The number of hydrogen-bond donors (Lipinski definition) is 1. The fraction of sp³-hybridized carbons (Fsp3) is 0.267. The van der Waals surface area contributed by atoms with Gasteiger partial charge in [-0.05, 0) is 79.5 Å². The molecule has 0 saturated heterocycles. The van der Waals surface area contributed by atoms with Crippen molar-refractivity contribution < 1.29 is 19.5 Å². The second kappa shape index (κ2) is 13.1. The SMILES string of the molecule is [C-]#[N+]/C(=C1/C=C(C)OC(/C=C/c2ccc(O)c(CN(CCC)OC=O)c2)=C1)c1ccc(N(C)CC)cc1. The lowest BCUT2D eigenvalue weighted by Crippen LogP contribution is -2.24. The van der Waals surface area contributed by atoms with Gasteiger partial charge in [-0.25, -0.2) is 4.85 Å². The van der Waals surface area contributed by atoms with Crippen LogP contribution in [0.5, 0.6) is 5.75 Å². The number of allylic oxidation sites excluding steroid dienone is 5. The third kappa shape index (κ3) is 7.35. The summed E-state index contributed by atoms with van der Waals surface area (Å²) >= 11 is 0. The maximum Gasteiger partial charge on any atom is 0.313 e. The Hall–Kier alpha value is -4.28. The van der Waals surface area contributed by atoms with Gasteiger partial charge in [-0.1, -0.05) is 31.2 Å². The second-order valence-corrected chi connectivity index (χ2v) is 8.67. The van der Waals surface area contributed by atoms with E-state index < -0.39 is 0 Å². The van der Waals surface area contributed by atoms with Gasteiger partial charge in [0.1, 0.15) is 17.3 Å². The van der Waals surface area contributed by atoms with Crippen molar-refractivity contribution in [2.45, 2.75) is 33.7 Å². The third-order valence-corrected chi connectivity index (χ3v) is 5.93. The molecular weight excluding hydrogens is 466 g/mol. The molecule has 0 bridgehead atoms. The van der Waals surface area contributed by atoms with E-state index in [1.807, 2.05) is 75.5 Å². The Balaban J connectivity index is 1.87. The molecule has 0 aliphatic carbocycles. The lowest BCUT2D eigenvalue weighted by molar-refractivity contribution is -0.176. The molecular formula is C30H33N3O4. The van der Waals surface area contributed by atoms with E-state index in [4.69, 9.17) is 16.1 Å². The molecule has 0 spiro atoms. The summed E-state index contributed by atoms with van der Waals surface area (Å²) in [5, 5.41) is 11.8. The molecule has 0 unspecified atom stereocenters. The monoisotopic (exact) mass is 499 g/mol. The number of anilines is 1. The van der Waals surface area contributed by atoms with Gasteiger partial charge < -0.3 is 19.6 Å². The minimum absolute atomic E-state index is 0.128. The van der Waals surface area contributed by atoms with Crippen LogP contribution in [0.1, 0.15) is 43.9 Å². The van der Waals surface area contributed by atoms with Crippen molar-refractivity contribution in [1.82, 2.24) is 5.06 Å². The molecule has 0 amide bonds. The largest absolute Gasteiger partial charge is 0.508 e. The number of rotatable bonds is 11. The number of carbonyl (C=O) groups excluding carboxylic acids is 1. The Kier molecular flexibility index (Phi) is 9.70. The minimum atomic E-state index is 0.128. The van der Waals surface area contributed by atoms with Crippen LogP contribution in [-0.4, -0.2) is 36.8 Å². The van der Waals surface area contributed by atoms with E-state index in [0.29, 0.717) is 35.8 Å². The summed E-state index contributed by atoms with van der Waals surface area (Å²) in [5.41, 5.74) is 4.77. The summed E-state index contributed by atoms with van der Waals surface area (Å²) in [6, 6.07) is 13.2. The molecule has 2 aromatic carbocycles. The molecule has 0 saturated carbocycles. The zero-order valence-corrected chi connectivity index (χ0v) is 21.8. The minimum Gasteiger partial charge on any atom is -0.508 e. The predicted octanol–water partition coefficient (Wildman–Crippen LogP) is 6.31. The Morgan fingerprint density at radius 1 is 1.14 bits per heavy atom. The van der Waals surface area contributed by atoms with E-state index >= 15 is 0 Å². The van der Waals surface area contributed by atoms with Gasteiger partial charge in [0.05, 0.1) is 13.1 Å². The van der Waals surface area contributed by atoms with Crippen LogP contribution < -0.4 is 4.90 Å². The molecule has 1 aliphatic rings. The maximum atomic E-state index is 10.8. The molecule has 2 aromatic rings. The van der Waals surface area contributed by atoms with Crippen molar-refractivity contribution >= 4 is 23.9 Å². The van der Waals surface area contributed by atoms with Crippen LogP contribution in [0.2, 0.25) is 0 Å². The number of nitrogens with zero attached hydrogens (tertiary/aromatic N) is 3. The van der Waals surface area contributed by atoms with Crippen LogP contribution in [0.25, 0.3) is 16.6 Å². The standard InChI is InChI=1S/C30H33N3O4/c1-6-16-33(36-21-34)20-26-18-23(9-15-29(26)35)8-14-28-19-25(17-22(3)37-28)30(31-4)24-10-12-27(13-11-24)32(5)7-2/h8-15,17-19,21,35H,6-7,16,20H2,1-3,5H3/b14-8+,30-25-. The molecule has 0 radical (unpaired) electrons. The lowest BCUT2D eigenvalue weighted by atomic mass is 10.0. The smallest absolute Gasteiger partial charge is 0.313 e. The zero-order chi connectivity index (χ0) is 26.8. The first-order valence-electron chi connectivity index (χ1n) is 12.2. The van der Waals surface area contributed by atoms with E-state index in [-0.39, 0.29) is 12.3 Å². The molecule has 37 heavy (non-hydrogen) atoms. The van der Waals surface area contributed by atoms with Crippen LogP contribution >= 0.6 is 0 Å². The summed E-state index contributed by atoms with van der Waals surface area (Å²) in [6.07, 6.45) is 8.23. The van der Waals surface area contributed by atoms with Crippen LogP contribution in [0.15, 0.2) is 77.8 Å². The molecule has 0 atom stereocenters. The molecule has 0 aromatic heterocycles. The Bertz CT molecular complexity index is 1270. The predicted molar refractivity (Wildman–Crippen MR) is 147 cm³/mol. The van der Waals surface area contributed by atoms with Crippen molar-refractivity contribution in [3.8, 4) is 5.75 Å². The van der Waals surface area contributed by atoms with Gasteiger partial charge in [-0.2, -0.15) is 0 Å². The average molecular weight is 500 g/mol. The lowest BCUT2D eigenvalue weighted by Gasteiger charge is -2.19. The van der Waals surface area contributed by atoms with Crippen molar-refractivity contribution in [3.63, 3.8) is 0 Å². The maximum absolute atomic E-state index is 10.8. The molecule has 3 rings (SSSR count). The highest BCUT2D eigenvalue weighted by atomic mass is 16.7. The van der Waals surface area contributed by atoms with Gasteiger partial charge in [-0.3, -0.25) is 4.79 Å². The number of aromatic hydroxyl groups is 1.